The van der Waals surface area contributed by atoms with Gasteiger partial charge in [-0.2, -0.15) is 4.68 Å². The number of carbonyl (C=O) groups is 3. The lowest BCUT2D eigenvalue weighted by Gasteiger charge is -2.21. The lowest BCUT2D eigenvalue weighted by molar-refractivity contribution is -0.157. The molecule has 1 aliphatic heterocycles. The Labute approximate surface area is 159 Å². The number of fused-ring (bicyclic) bond motifs is 1. The van der Waals surface area contributed by atoms with Gasteiger partial charge in [-0.25, -0.2) is 4.79 Å². The van der Waals surface area contributed by atoms with Crippen LogP contribution in [0.4, 0.5) is 0 Å². The van der Waals surface area contributed by atoms with Crippen LogP contribution in [-0.4, -0.2) is 45.0 Å². The lowest BCUT2D eigenvalue weighted by atomic mass is 10.1. The highest BCUT2D eigenvalue weighted by Crippen LogP contribution is 2.19. The van der Waals surface area contributed by atoms with Crippen molar-refractivity contribution in [1.82, 2.24) is 20.3 Å². The van der Waals surface area contributed by atoms with Crippen molar-refractivity contribution < 1.29 is 23.9 Å². The van der Waals surface area contributed by atoms with Gasteiger partial charge in [0.25, 0.3) is 11.5 Å². The Morgan fingerprint density at radius 1 is 1.29 bits per heavy atom. The second-order valence-electron chi connectivity index (χ2n) is 7.36. The number of ether oxygens (including phenoxy) is 2. The molecule has 2 heterocycles. The van der Waals surface area contributed by atoms with E-state index in [1.54, 1.807) is 26.8 Å². The quantitative estimate of drug-likeness (QED) is 0.592. The van der Waals surface area contributed by atoms with Crippen LogP contribution in [0, 0.1) is 0 Å². The van der Waals surface area contributed by atoms with Crippen LogP contribution in [0.25, 0.3) is 10.9 Å². The number of rotatable bonds is 4. The van der Waals surface area contributed by atoms with E-state index in [0.29, 0.717) is 5.52 Å². The molecule has 1 atom stereocenters. The van der Waals surface area contributed by atoms with Gasteiger partial charge in [-0.05, 0) is 45.4 Å². The molecule has 1 saturated heterocycles. The van der Waals surface area contributed by atoms with Crippen molar-refractivity contribution in [2.24, 2.45) is 0 Å². The van der Waals surface area contributed by atoms with Crippen molar-refractivity contribution in [3.63, 3.8) is 0 Å². The standard InChI is InChI=1S/C18H20N4O6/c1-18(2,3)28-15(24)9-27-10-4-5-12-11(8-10)17(26)22(21-20-12)13-6-7-14(23)19-16(13)25/h4-5,8,13H,6-7,9H2,1-3H3,(H,19,23,25). The lowest BCUT2D eigenvalue weighted by Crippen LogP contribution is -2.45. The summed E-state index contributed by atoms with van der Waals surface area (Å²) in [7, 11) is 0. The van der Waals surface area contributed by atoms with Crippen molar-refractivity contribution in [1.29, 1.82) is 0 Å². The zero-order valence-corrected chi connectivity index (χ0v) is 15.7. The molecule has 28 heavy (non-hydrogen) atoms. The second-order valence-corrected chi connectivity index (χ2v) is 7.36. The van der Waals surface area contributed by atoms with E-state index in [0.717, 1.165) is 4.68 Å². The molecule has 0 spiro atoms. The van der Waals surface area contributed by atoms with Gasteiger partial charge in [0.15, 0.2) is 6.61 Å². The minimum Gasteiger partial charge on any atom is -0.482 e. The number of benzene rings is 1. The Kier molecular flexibility index (Phi) is 5.12. The van der Waals surface area contributed by atoms with Crippen LogP contribution >= 0.6 is 0 Å². The normalized spacial score (nSPS) is 17.3. The average molecular weight is 388 g/mol. The molecular weight excluding hydrogens is 368 g/mol. The van der Waals surface area contributed by atoms with Crippen LogP contribution in [0.3, 0.4) is 0 Å². The number of carbonyl (C=O) groups excluding carboxylic acids is 3. The molecule has 1 unspecified atom stereocenters. The molecule has 0 saturated carbocycles. The van der Waals surface area contributed by atoms with Crippen LogP contribution in [-0.2, 0) is 19.1 Å². The van der Waals surface area contributed by atoms with Crippen molar-refractivity contribution >= 4 is 28.7 Å². The van der Waals surface area contributed by atoms with Crippen molar-refractivity contribution in [3.05, 3.63) is 28.6 Å². The monoisotopic (exact) mass is 388 g/mol. The highest BCUT2D eigenvalue weighted by atomic mass is 16.6. The number of piperidine rings is 1. The van der Waals surface area contributed by atoms with E-state index in [1.165, 1.54) is 12.1 Å². The van der Waals surface area contributed by atoms with Crippen LogP contribution in [0.1, 0.15) is 39.7 Å². The minimum absolute atomic E-state index is 0.113. The number of aromatic nitrogens is 3. The zero-order chi connectivity index (χ0) is 20.5. The summed E-state index contributed by atoms with van der Waals surface area (Å²) < 4.78 is 11.5. The summed E-state index contributed by atoms with van der Waals surface area (Å²) >= 11 is 0. The van der Waals surface area contributed by atoms with Gasteiger partial charge >= 0.3 is 5.97 Å². The van der Waals surface area contributed by atoms with Gasteiger partial charge in [-0.1, -0.05) is 5.21 Å². The van der Waals surface area contributed by atoms with E-state index < -0.39 is 29.1 Å². The first kappa shape index (κ1) is 19.5. The highest BCUT2D eigenvalue weighted by molar-refractivity contribution is 5.99. The van der Waals surface area contributed by atoms with Crippen molar-refractivity contribution in [3.8, 4) is 5.75 Å². The molecule has 1 N–H and O–H groups in total. The number of imide groups is 1. The van der Waals surface area contributed by atoms with E-state index in [9.17, 15) is 19.2 Å². The number of hydrogen-bond donors (Lipinski definition) is 1. The molecule has 2 aromatic rings. The SMILES string of the molecule is CC(C)(C)OC(=O)COc1ccc2nnn(C3CCC(=O)NC3=O)c(=O)c2c1. The molecule has 1 fully saturated rings. The second kappa shape index (κ2) is 7.37. The summed E-state index contributed by atoms with van der Waals surface area (Å²) in [6.45, 7) is 4.92. The molecule has 1 aromatic heterocycles. The van der Waals surface area contributed by atoms with E-state index >= 15 is 0 Å². The number of esters is 1. The Balaban J connectivity index is 1.84. The fourth-order valence-electron chi connectivity index (χ4n) is 2.76. The molecule has 2 amide bonds. The van der Waals surface area contributed by atoms with Gasteiger partial charge < -0.3 is 9.47 Å². The molecule has 1 aliphatic rings. The molecule has 1 aromatic carbocycles. The summed E-state index contributed by atoms with van der Waals surface area (Å²) in [5.41, 5.74) is -0.852. The summed E-state index contributed by atoms with van der Waals surface area (Å²) in [6, 6.07) is 3.60. The molecular formula is C18H20N4O6. The van der Waals surface area contributed by atoms with Gasteiger partial charge in [0, 0.05) is 6.42 Å². The van der Waals surface area contributed by atoms with Gasteiger partial charge in [0.1, 0.15) is 22.9 Å². The summed E-state index contributed by atoms with van der Waals surface area (Å²) in [4.78, 5) is 47.9. The van der Waals surface area contributed by atoms with Crippen molar-refractivity contribution in [2.75, 3.05) is 6.61 Å². The number of nitrogens with one attached hydrogen (secondary N) is 1. The predicted molar refractivity (Wildman–Crippen MR) is 96.6 cm³/mol. The van der Waals surface area contributed by atoms with Gasteiger partial charge in [-0.3, -0.25) is 19.7 Å². The van der Waals surface area contributed by atoms with Gasteiger partial charge in [0.2, 0.25) is 5.91 Å². The number of nitrogens with zero attached hydrogens (tertiary/aromatic N) is 3. The average Bonchev–Trinajstić information content (AvgIpc) is 2.60. The molecule has 0 aliphatic carbocycles. The predicted octanol–water partition coefficient (Wildman–Crippen LogP) is 0.490. The first-order chi connectivity index (χ1) is 13.1. The Morgan fingerprint density at radius 2 is 2.04 bits per heavy atom. The minimum atomic E-state index is -0.909. The Morgan fingerprint density at radius 3 is 2.71 bits per heavy atom. The summed E-state index contributed by atoms with van der Waals surface area (Å²) in [5.74, 6) is -1.25. The fourth-order valence-corrected chi connectivity index (χ4v) is 2.76. The maximum Gasteiger partial charge on any atom is 0.344 e. The van der Waals surface area contributed by atoms with Crippen LogP contribution in [0.15, 0.2) is 23.0 Å². The molecule has 3 rings (SSSR count). The van der Waals surface area contributed by atoms with Crippen LogP contribution in [0.2, 0.25) is 0 Å². The summed E-state index contributed by atoms with van der Waals surface area (Å²) in [5, 5.41) is 10.1. The van der Waals surface area contributed by atoms with Gasteiger partial charge in [0.05, 0.1) is 5.39 Å². The first-order valence-electron chi connectivity index (χ1n) is 8.72. The number of hydrogen-bond acceptors (Lipinski definition) is 8. The van der Waals surface area contributed by atoms with Gasteiger partial charge in [-0.15, -0.1) is 5.10 Å². The molecule has 10 heteroatoms. The third-order valence-electron chi connectivity index (χ3n) is 3.94. The highest BCUT2D eigenvalue weighted by Gasteiger charge is 2.30. The molecule has 10 nitrogen and oxygen atoms in total. The largest absolute Gasteiger partial charge is 0.482 e. The van der Waals surface area contributed by atoms with E-state index in [4.69, 9.17) is 9.47 Å². The van der Waals surface area contributed by atoms with E-state index in [2.05, 4.69) is 15.6 Å². The third kappa shape index (κ3) is 4.33. The van der Waals surface area contributed by atoms with E-state index in [1.807, 2.05) is 0 Å². The topological polar surface area (TPSA) is 129 Å². The maximum absolute atomic E-state index is 12.8. The Hall–Kier alpha value is -3.30. The van der Waals surface area contributed by atoms with Crippen LogP contribution in [0.5, 0.6) is 5.75 Å². The third-order valence-corrected chi connectivity index (χ3v) is 3.94. The molecule has 148 valence electrons. The smallest absolute Gasteiger partial charge is 0.344 e. The first-order valence-corrected chi connectivity index (χ1v) is 8.72. The zero-order valence-electron chi connectivity index (χ0n) is 15.7. The number of amides is 2. The van der Waals surface area contributed by atoms with Crippen LogP contribution < -0.4 is 15.6 Å². The molecule has 0 bridgehead atoms. The maximum atomic E-state index is 12.8. The summed E-state index contributed by atoms with van der Waals surface area (Å²) in [6.07, 6.45) is 0.279. The fraction of sp³-hybridized carbons (Fsp3) is 0.444. The van der Waals surface area contributed by atoms with E-state index in [-0.39, 0.29) is 36.5 Å². The Bertz CT molecular complexity index is 1010. The molecule has 0 radical (unpaired) electrons. The van der Waals surface area contributed by atoms with Crippen molar-refractivity contribution in [2.45, 2.75) is 45.3 Å².